The van der Waals surface area contributed by atoms with E-state index in [4.69, 9.17) is 26.2 Å². The molecule has 0 saturated carbocycles. The highest BCUT2D eigenvalue weighted by atomic mass is 35.5. The predicted molar refractivity (Wildman–Crippen MR) is 147 cm³/mol. The van der Waals surface area contributed by atoms with Gasteiger partial charge < -0.3 is 14.7 Å². The summed E-state index contributed by atoms with van der Waals surface area (Å²) in [5, 5.41) is 7.61. The number of rotatable bonds is 4. The van der Waals surface area contributed by atoms with Gasteiger partial charge in [0.1, 0.15) is 11.4 Å². The van der Waals surface area contributed by atoms with E-state index in [0.717, 1.165) is 54.1 Å². The summed E-state index contributed by atoms with van der Waals surface area (Å²) in [6.45, 7) is 14.1. The van der Waals surface area contributed by atoms with Gasteiger partial charge in [-0.05, 0) is 100 Å². The van der Waals surface area contributed by atoms with Gasteiger partial charge in [-0.3, -0.25) is 9.69 Å². The Bertz CT molecular complexity index is 1050. The molecule has 1 heterocycles. The molecule has 3 rings (SSSR count). The standard InChI is InChI=1S/C28H38ClFN2O2.CH2O2/c1-7-19(2)16-24(30)18-21-8-9-22-17-23(29)10-11-25(22)26(20(21)3)31-12-14-32(15-13-31)27(33)34-28(4,5)6;2-1-3/h10-11,16-18,26H,7-9,12-15H2,1-6H3;1H,(H,2,3)/b19-16+,24-18+;. The minimum Gasteiger partial charge on any atom is -0.483 e. The fraction of sp³-hybridized carbons (Fsp3) is 0.517. The van der Waals surface area contributed by atoms with Gasteiger partial charge >= 0.3 is 6.09 Å². The van der Waals surface area contributed by atoms with Crippen molar-refractivity contribution in [2.45, 2.75) is 72.4 Å². The summed E-state index contributed by atoms with van der Waals surface area (Å²) >= 11 is 6.34. The van der Waals surface area contributed by atoms with Crippen molar-refractivity contribution in [2.24, 2.45) is 0 Å². The van der Waals surface area contributed by atoms with Crippen molar-refractivity contribution in [2.75, 3.05) is 26.2 Å². The molecule has 1 aromatic carbocycles. The summed E-state index contributed by atoms with van der Waals surface area (Å²) in [5.74, 6) is -0.203. The van der Waals surface area contributed by atoms with Crippen LogP contribution in [0.2, 0.25) is 5.02 Å². The second-order valence-corrected chi connectivity index (χ2v) is 10.9. The molecular weight excluding hydrogens is 495 g/mol. The van der Waals surface area contributed by atoms with Crippen molar-refractivity contribution in [3.63, 3.8) is 0 Å². The number of amides is 1. The first-order chi connectivity index (χ1) is 17.4. The van der Waals surface area contributed by atoms with Gasteiger partial charge in [0.2, 0.25) is 0 Å². The fourth-order valence-electron chi connectivity index (χ4n) is 4.62. The van der Waals surface area contributed by atoms with Crippen molar-refractivity contribution in [1.82, 2.24) is 9.80 Å². The maximum atomic E-state index is 14.8. The minimum absolute atomic E-state index is 0.0193. The molecule has 204 valence electrons. The number of ether oxygens (including phenoxy) is 1. The van der Waals surface area contributed by atoms with Crippen molar-refractivity contribution in [1.29, 1.82) is 0 Å². The highest BCUT2D eigenvalue weighted by molar-refractivity contribution is 6.30. The molecule has 2 aliphatic rings. The summed E-state index contributed by atoms with van der Waals surface area (Å²) in [5.41, 5.74) is 5.12. The number of piperazine rings is 1. The Balaban J connectivity index is 0.00000153. The van der Waals surface area contributed by atoms with E-state index < -0.39 is 5.60 Å². The first kappa shape index (κ1) is 30.6. The van der Waals surface area contributed by atoms with Crippen LogP contribution in [-0.2, 0) is 16.0 Å². The van der Waals surface area contributed by atoms with Crippen LogP contribution in [0.4, 0.5) is 9.18 Å². The Hall–Kier alpha value is -2.64. The lowest BCUT2D eigenvalue weighted by Gasteiger charge is -2.40. The number of hydrogen-bond donors (Lipinski definition) is 1. The lowest BCUT2D eigenvalue weighted by atomic mass is 9.93. The zero-order valence-electron chi connectivity index (χ0n) is 22.8. The number of allylic oxidation sites excluding steroid dienone is 5. The van der Waals surface area contributed by atoms with Crippen molar-refractivity contribution >= 4 is 24.2 Å². The van der Waals surface area contributed by atoms with Gasteiger partial charge in [0.25, 0.3) is 6.47 Å². The van der Waals surface area contributed by atoms with E-state index in [1.54, 1.807) is 17.1 Å². The van der Waals surface area contributed by atoms with Crippen LogP contribution in [0.25, 0.3) is 0 Å². The van der Waals surface area contributed by atoms with Gasteiger partial charge in [0.05, 0.1) is 6.04 Å². The van der Waals surface area contributed by atoms with Crippen molar-refractivity contribution in [3.05, 3.63) is 69.0 Å². The molecule has 37 heavy (non-hydrogen) atoms. The molecule has 1 aliphatic heterocycles. The summed E-state index contributed by atoms with van der Waals surface area (Å²) in [6.07, 6.45) is 5.47. The summed E-state index contributed by atoms with van der Waals surface area (Å²) in [6, 6.07) is 6.10. The van der Waals surface area contributed by atoms with Crippen LogP contribution in [-0.4, -0.2) is 59.3 Å². The zero-order chi connectivity index (χ0) is 27.8. The number of carbonyl (C=O) groups is 2. The highest BCUT2D eigenvalue weighted by Crippen LogP contribution is 2.39. The Kier molecular flexibility index (Phi) is 11.4. The first-order valence-electron chi connectivity index (χ1n) is 12.7. The fourth-order valence-corrected chi connectivity index (χ4v) is 4.82. The second kappa shape index (κ2) is 13.8. The molecule has 0 spiro atoms. The topological polar surface area (TPSA) is 70.1 Å². The third-order valence-corrected chi connectivity index (χ3v) is 6.80. The quantitative estimate of drug-likeness (QED) is 0.329. The maximum Gasteiger partial charge on any atom is 0.410 e. The van der Waals surface area contributed by atoms with E-state index in [9.17, 15) is 9.18 Å². The molecule has 1 aliphatic carbocycles. The van der Waals surface area contributed by atoms with Gasteiger partial charge in [0.15, 0.2) is 0 Å². The number of nitrogens with zero attached hydrogens (tertiary/aromatic N) is 2. The number of carboxylic acid groups (broad SMARTS) is 1. The third kappa shape index (κ3) is 9.00. The van der Waals surface area contributed by atoms with Crippen LogP contribution >= 0.6 is 11.6 Å². The Morgan fingerprint density at radius 3 is 2.41 bits per heavy atom. The first-order valence-corrected chi connectivity index (χ1v) is 13.1. The molecule has 8 heteroatoms. The van der Waals surface area contributed by atoms with Crippen molar-refractivity contribution < 1.29 is 23.8 Å². The molecule has 1 atom stereocenters. The molecule has 1 amide bonds. The normalized spacial score (nSPS) is 19.5. The molecule has 0 aromatic heterocycles. The van der Waals surface area contributed by atoms with E-state index in [0.29, 0.717) is 13.1 Å². The van der Waals surface area contributed by atoms with Gasteiger partial charge in [0, 0.05) is 31.2 Å². The molecule has 1 saturated heterocycles. The maximum absolute atomic E-state index is 14.8. The number of carbonyl (C=O) groups excluding carboxylic acids is 1. The lowest BCUT2D eigenvalue weighted by Crippen LogP contribution is -2.51. The highest BCUT2D eigenvalue weighted by Gasteiger charge is 2.33. The number of benzene rings is 1. The third-order valence-electron chi connectivity index (χ3n) is 6.57. The van der Waals surface area contributed by atoms with Crippen LogP contribution in [0.1, 0.15) is 71.6 Å². The van der Waals surface area contributed by atoms with E-state index in [1.165, 1.54) is 11.1 Å². The van der Waals surface area contributed by atoms with Crippen molar-refractivity contribution in [3.8, 4) is 0 Å². The molecule has 1 fully saturated rings. The average Bonchev–Trinajstić information content (AvgIpc) is 2.94. The summed E-state index contributed by atoms with van der Waals surface area (Å²) in [7, 11) is 0. The van der Waals surface area contributed by atoms with Crippen LogP contribution < -0.4 is 0 Å². The SMILES string of the molecule is CC/C(C)=C/C(F)=C\C1=C(C)C(N2CCN(C(=O)OC(C)(C)C)CC2)c2ccc(Cl)cc2CC1.O=CO. The Morgan fingerprint density at radius 1 is 1.22 bits per heavy atom. The molecule has 0 radical (unpaired) electrons. The molecule has 0 bridgehead atoms. The summed E-state index contributed by atoms with van der Waals surface area (Å²) in [4.78, 5) is 25.1. The monoisotopic (exact) mass is 534 g/mol. The average molecular weight is 535 g/mol. The van der Waals surface area contributed by atoms with Gasteiger partial charge in [-0.2, -0.15) is 0 Å². The molecular formula is C29H40ClFN2O4. The largest absolute Gasteiger partial charge is 0.483 e. The lowest BCUT2D eigenvalue weighted by molar-refractivity contribution is -0.122. The minimum atomic E-state index is -0.511. The van der Waals surface area contributed by atoms with E-state index in [-0.39, 0.29) is 24.4 Å². The number of halogens is 2. The zero-order valence-corrected chi connectivity index (χ0v) is 23.6. The van der Waals surface area contributed by atoms with Crippen LogP contribution in [0, 0.1) is 0 Å². The van der Waals surface area contributed by atoms with Gasteiger partial charge in [-0.1, -0.05) is 30.2 Å². The predicted octanol–water partition coefficient (Wildman–Crippen LogP) is 7.11. The molecule has 1 unspecified atom stereocenters. The van der Waals surface area contributed by atoms with Crippen LogP contribution in [0.15, 0.2) is 52.9 Å². The Morgan fingerprint density at radius 2 is 1.84 bits per heavy atom. The number of hydrogen-bond acceptors (Lipinski definition) is 4. The molecule has 6 nitrogen and oxygen atoms in total. The van der Waals surface area contributed by atoms with E-state index >= 15 is 0 Å². The summed E-state index contributed by atoms with van der Waals surface area (Å²) < 4.78 is 20.4. The van der Waals surface area contributed by atoms with Gasteiger partial charge in [-0.25, -0.2) is 9.18 Å². The second-order valence-electron chi connectivity index (χ2n) is 10.4. The molecule has 1 aromatic rings. The van der Waals surface area contributed by atoms with Crippen LogP contribution in [0.5, 0.6) is 0 Å². The number of fused-ring (bicyclic) bond motifs is 1. The van der Waals surface area contributed by atoms with E-state index in [1.807, 2.05) is 46.8 Å². The van der Waals surface area contributed by atoms with E-state index in [2.05, 4.69) is 17.9 Å². The Labute approximate surface area is 225 Å². The molecule has 1 N–H and O–H groups in total. The van der Waals surface area contributed by atoms with Crippen LogP contribution in [0.3, 0.4) is 0 Å². The van der Waals surface area contributed by atoms with Gasteiger partial charge in [-0.15, -0.1) is 0 Å². The number of aryl methyl sites for hydroxylation is 1. The smallest absolute Gasteiger partial charge is 0.410 e.